The van der Waals surface area contributed by atoms with Gasteiger partial charge in [0, 0.05) is 5.92 Å². The molecular weight excluding hydrogens is 422 g/mol. The molecule has 0 radical (unpaired) electrons. The van der Waals surface area contributed by atoms with E-state index >= 15 is 0 Å². The molecule has 4 aliphatic rings. The molecule has 2 N–H and O–H groups in total. The predicted octanol–water partition coefficient (Wildman–Crippen LogP) is 5.66. The van der Waals surface area contributed by atoms with Crippen molar-refractivity contribution < 1.29 is 29.0 Å². The number of amides is 1. The summed E-state index contributed by atoms with van der Waals surface area (Å²) in [5.74, 6) is 4.60. The van der Waals surface area contributed by atoms with Crippen LogP contribution >= 0.6 is 0 Å². The van der Waals surface area contributed by atoms with E-state index in [1.54, 1.807) is 0 Å². The zero-order valence-electron chi connectivity index (χ0n) is 20.9. The summed E-state index contributed by atoms with van der Waals surface area (Å²) in [4.78, 5) is 32.2. The minimum atomic E-state index is -1.36. The normalized spacial score (nSPS) is 39.0. The van der Waals surface area contributed by atoms with Crippen LogP contribution in [0.2, 0.25) is 0 Å². The molecule has 0 bridgehead atoms. The van der Waals surface area contributed by atoms with Crippen LogP contribution in [-0.2, 0) is 14.3 Å². The Hall–Kier alpha value is -1.79. The summed E-state index contributed by atoms with van der Waals surface area (Å²) in [5, 5.41) is 10.2. The largest absolute Gasteiger partial charge is 0.505 e. The van der Waals surface area contributed by atoms with Crippen LogP contribution in [0.25, 0.3) is 0 Å². The average molecular weight is 466 g/mol. The molecule has 0 saturated heterocycles. The van der Waals surface area contributed by atoms with Gasteiger partial charge in [0.2, 0.25) is 0 Å². The maximum Gasteiger partial charge on any atom is 0.505 e. The van der Waals surface area contributed by atoms with E-state index in [0.717, 1.165) is 23.7 Å². The number of rotatable bonds is 4. The van der Waals surface area contributed by atoms with Crippen molar-refractivity contribution in [2.75, 3.05) is 20.3 Å². The molecule has 4 fully saturated rings. The van der Waals surface area contributed by atoms with Gasteiger partial charge in [0.05, 0.1) is 13.7 Å². The van der Waals surface area contributed by atoms with Gasteiger partial charge in [-0.15, -0.1) is 0 Å². The number of ether oxygens (including phenoxy) is 2. The fraction of sp³-hybridized carbons (Fsp3) is 0.885. The standard InChI is InChI=1S/C21H34O.C5H9NO5/c1-14(22)17-9-10-18-16-8-7-15-6-4-5-12-20(15,2)19(16)11-13-21(17,18)3;1-10-4(7)6-2-3-11-5(8)9/h15-19H,4-13H2,1-3H3;2-3H2,1H3,(H,6,7)(H,8,9)/t15?,16-,17+,18?,19?,20-,21+;/m0./s1. The molecule has 3 unspecified atom stereocenters. The molecule has 33 heavy (non-hydrogen) atoms. The van der Waals surface area contributed by atoms with Crippen molar-refractivity contribution in [2.24, 2.45) is 40.4 Å². The fourth-order valence-corrected chi connectivity index (χ4v) is 8.33. The number of carboxylic acid groups (broad SMARTS) is 1. The number of methoxy groups -OCH3 is 1. The monoisotopic (exact) mass is 465 g/mol. The zero-order valence-corrected chi connectivity index (χ0v) is 20.9. The van der Waals surface area contributed by atoms with Crippen LogP contribution in [0, 0.1) is 40.4 Å². The molecule has 188 valence electrons. The first kappa shape index (κ1) is 25.8. The molecule has 4 saturated carbocycles. The van der Waals surface area contributed by atoms with Crippen molar-refractivity contribution in [3.63, 3.8) is 0 Å². The molecular formula is C26H43NO6. The van der Waals surface area contributed by atoms with Gasteiger partial charge in [-0.3, -0.25) is 4.79 Å². The second kappa shape index (κ2) is 10.6. The first-order valence-electron chi connectivity index (χ1n) is 12.8. The van der Waals surface area contributed by atoms with Gasteiger partial charge in [-0.1, -0.05) is 26.7 Å². The van der Waals surface area contributed by atoms with Crippen LogP contribution in [0.3, 0.4) is 0 Å². The van der Waals surface area contributed by atoms with Crippen molar-refractivity contribution in [1.29, 1.82) is 0 Å². The molecule has 0 aromatic heterocycles. The lowest BCUT2D eigenvalue weighted by Gasteiger charge is -2.60. The Bertz CT molecular complexity index is 726. The van der Waals surface area contributed by atoms with Gasteiger partial charge >= 0.3 is 12.2 Å². The third-order valence-electron chi connectivity index (χ3n) is 9.86. The summed E-state index contributed by atoms with van der Waals surface area (Å²) in [6, 6.07) is 0. The van der Waals surface area contributed by atoms with E-state index in [0.29, 0.717) is 22.5 Å². The van der Waals surface area contributed by atoms with E-state index in [2.05, 4.69) is 28.6 Å². The van der Waals surface area contributed by atoms with Crippen molar-refractivity contribution in [1.82, 2.24) is 5.32 Å². The number of hydrogen-bond acceptors (Lipinski definition) is 5. The average Bonchev–Trinajstić information content (AvgIpc) is 3.14. The molecule has 0 aliphatic heterocycles. The van der Waals surface area contributed by atoms with Gasteiger partial charge in [-0.25, -0.2) is 9.59 Å². The van der Waals surface area contributed by atoms with Crippen molar-refractivity contribution >= 4 is 18.0 Å². The first-order chi connectivity index (χ1) is 15.6. The van der Waals surface area contributed by atoms with Gasteiger partial charge in [-0.05, 0) is 92.8 Å². The summed E-state index contributed by atoms with van der Waals surface area (Å²) >= 11 is 0. The van der Waals surface area contributed by atoms with E-state index in [1.807, 2.05) is 6.92 Å². The molecule has 0 spiro atoms. The molecule has 1 amide bonds. The second-order valence-corrected chi connectivity index (χ2v) is 11.2. The van der Waals surface area contributed by atoms with Crippen molar-refractivity contribution in [3.05, 3.63) is 0 Å². The lowest BCUT2D eigenvalue weighted by atomic mass is 9.45. The number of carbonyl (C=O) groups excluding carboxylic acids is 2. The Labute approximate surface area is 198 Å². The molecule has 0 aromatic rings. The number of fused-ring (bicyclic) bond motifs is 5. The smallest absolute Gasteiger partial charge is 0.453 e. The summed E-state index contributed by atoms with van der Waals surface area (Å²) in [6.45, 7) is 7.00. The van der Waals surface area contributed by atoms with Crippen molar-refractivity contribution in [2.45, 2.75) is 85.0 Å². The third-order valence-corrected chi connectivity index (χ3v) is 9.86. The van der Waals surface area contributed by atoms with Gasteiger partial charge in [-0.2, -0.15) is 0 Å². The Kier molecular flexibility index (Phi) is 8.33. The van der Waals surface area contributed by atoms with Crippen LogP contribution in [0.4, 0.5) is 9.59 Å². The van der Waals surface area contributed by atoms with Crippen LogP contribution in [-0.4, -0.2) is 43.4 Å². The highest BCUT2D eigenvalue weighted by atomic mass is 16.7. The molecule has 4 aliphatic carbocycles. The Morgan fingerprint density at radius 3 is 2.33 bits per heavy atom. The van der Waals surface area contributed by atoms with Gasteiger partial charge in [0.15, 0.2) is 0 Å². The molecule has 7 atom stereocenters. The zero-order chi connectivity index (χ0) is 24.2. The van der Waals surface area contributed by atoms with Crippen LogP contribution in [0.5, 0.6) is 0 Å². The maximum absolute atomic E-state index is 12.2. The minimum Gasteiger partial charge on any atom is -0.453 e. The van der Waals surface area contributed by atoms with Crippen LogP contribution in [0.1, 0.15) is 85.0 Å². The number of alkyl carbamates (subject to hydrolysis) is 1. The molecule has 0 heterocycles. The molecule has 7 nitrogen and oxygen atoms in total. The third kappa shape index (κ3) is 5.32. The highest BCUT2D eigenvalue weighted by Gasteiger charge is 2.60. The van der Waals surface area contributed by atoms with Gasteiger partial charge in [0.1, 0.15) is 12.4 Å². The highest BCUT2D eigenvalue weighted by molar-refractivity contribution is 5.79. The maximum atomic E-state index is 12.2. The number of carbonyl (C=O) groups is 3. The topological polar surface area (TPSA) is 102 Å². The van der Waals surface area contributed by atoms with E-state index in [1.165, 1.54) is 71.3 Å². The molecule has 7 heteroatoms. The minimum absolute atomic E-state index is 0.0789. The molecule has 0 aromatic carbocycles. The fourth-order valence-electron chi connectivity index (χ4n) is 8.33. The quantitative estimate of drug-likeness (QED) is 0.410. The van der Waals surface area contributed by atoms with Gasteiger partial charge < -0.3 is 19.9 Å². The van der Waals surface area contributed by atoms with E-state index in [9.17, 15) is 14.4 Å². The SMILES string of the molecule is CC(=O)[C@H]1CCC2[C@@H]3CCC4CCCC[C@]4(C)C3CC[C@@]21C.COC(=O)NCCOC(=O)O. The van der Waals surface area contributed by atoms with E-state index in [4.69, 9.17) is 5.11 Å². The summed E-state index contributed by atoms with van der Waals surface area (Å²) in [6.07, 6.45) is 12.2. The van der Waals surface area contributed by atoms with E-state index in [-0.39, 0.29) is 13.2 Å². The Morgan fingerprint density at radius 1 is 0.939 bits per heavy atom. The predicted molar refractivity (Wildman–Crippen MR) is 125 cm³/mol. The highest BCUT2D eigenvalue weighted by Crippen LogP contribution is 2.67. The first-order valence-corrected chi connectivity index (χ1v) is 12.8. The van der Waals surface area contributed by atoms with Gasteiger partial charge in [0.25, 0.3) is 0 Å². The van der Waals surface area contributed by atoms with Crippen molar-refractivity contribution in [3.8, 4) is 0 Å². The lowest BCUT2D eigenvalue weighted by molar-refractivity contribution is -0.133. The molecule has 4 rings (SSSR count). The number of ketones is 1. The number of Topliss-reactive ketones (excluding diaryl/α,β-unsaturated/α-hetero) is 1. The van der Waals surface area contributed by atoms with Crippen LogP contribution < -0.4 is 5.32 Å². The summed E-state index contributed by atoms with van der Waals surface area (Å²) in [5.41, 5.74) is 0.974. The lowest BCUT2D eigenvalue weighted by Crippen LogP contribution is -2.53. The Morgan fingerprint density at radius 2 is 1.67 bits per heavy atom. The summed E-state index contributed by atoms with van der Waals surface area (Å²) in [7, 11) is 1.22. The summed E-state index contributed by atoms with van der Waals surface area (Å²) < 4.78 is 8.29. The van der Waals surface area contributed by atoms with E-state index < -0.39 is 12.2 Å². The Balaban J connectivity index is 0.000000239. The number of nitrogens with one attached hydrogen (secondary N) is 1. The van der Waals surface area contributed by atoms with Crippen LogP contribution in [0.15, 0.2) is 0 Å². The number of hydrogen-bond donors (Lipinski definition) is 2. The second-order valence-electron chi connectivity index (χ2n) is 11.2.